The first-order valence-electron chi connectivity index (χ1n) is 5.76. The van der Waals surface area contributed by atoms with Crippen LogP contribution in [0.15, 0.2) is 23.1 Å². The van der Waals surface area contributed by atoms with Gasteiger partial charge in [-0.1, -0.05) is 12.1 Å². The summed E-state index contributed by atoms with van der Waals surface area (Å²) in [6.45, 7) is 1.96. The number of amides is 1. The molecule has 1 aromatic rings. The van der Waals surface area contributed by atoms with Gasteiger partial charge in [-0.25, -0.2) is 4.39 Å². The van der Waals surface area contributed by atoms with E-state index in [1.54, 1.807) is 20.2 Å². The molecule has 0 fully saturated rings. The third-order valence-corrected chi connectivity index (χ3v) is 3.85. The second-order valence-electron chi connectivity index (χ2n) is 4.25. The van der Waals surface area contributed by atoms with Crippen molar-refractivity contribution >= 4 is 17.7 Å². The molecule has 0 aliphatic rings. The Hall–Kier alpha value is -1.07. The number of nitrogens with zero attached hydrogens (tertiary/aromatic N) is 1. The van der Waals surface area contributed by atoms with E-state index in [4.69, 9.17) is 0 Å². The minimum Gasteiger partial charge on any atom is -0.348 e. The molecule has 5 heteroatoms. The molecular weight excluding hydrogens is 251 g/mol. The van der Waals surface area contributed by atoms with Crippen molar-refractivity contribution in [2.75, 3.05) is 26.9 Å². The summed E-state index contributed by atoms with van der Waals surface area (Å²) < 4.78 is 13.8. The number of hydrogen-bond donors (Lipinski definition) is 1. The molecule has 0 spiro atoms. The van der Waals surface area contributed by atoms with Gasteiger partial charge in [-0.2, -0.15) is 0 Å². The normalized spacial score (nSPS) is 12.3. The summed E-state index contributed by atoms with van der Waals surface area (Å²) in [6, 6.07) is 5.05. The van der Waals surface area contributed by atoms with Gasteiger partial charge in [0, 0.05) is 25.0 Å². The largest absolute Gasteiger partial charge is 0.348 e. The summed E-state index contributed by atoms with van der Waals surface area (Å²) in [6.07, 6.45) is 0. The van der Waals surface area contributed by atoms with Crippen molar-refractivity contribution in [2.24, 2.45) is 0 Å². The highest BCUT2D eigenvalue weighted by atomic mass is 32.2. The van der Waals surface area contributed by atoms with E-state index < -0.39 is 0 Å². The molecule has 1 N–H and O–H groups in total. The lowest BCUT2D eigenvalue weighted by molar-refractivity contribution is -0.125. The SMILES string of the molecule is CNC(C)c1cccc(F)c1SCC(=O)N(C)C. The summed E-state index contributed by atoms with van der Waals surface area (Å²) in [5.41, 5.74) is 0.883. The Morgan fingerprint density at radius 3 is 2.72 bits per heavy atom. The van der Waals surface area contributed by atoms with Crippen molar-refractivity contribution < 1.29 is 9.18 Å². The van der Waals surface area contributed by atoms with Gasteiger partial charge in [0.15, 0.2) is 0 Å². The maximum absolute atomic E-state index is 13.8. The van der Waals surface area contributed by atoms with Crippen LogP contribution in [-0.4, -0.2) is 37.7 Å². The van der Waals surface area contributed by atoms with Gasteiger partial charge in [-0.05, 0) is 25.6 Å². The van der Waals surface area contributed by atoms with E-state index in [9.17, 15) is 9.18 Å². The van der Waals surface area contributed by atoms with Gasteiger partial charge in [0.25, 0.3) is 0 Å². The third-order valence-electron chi connectivity index (χ3n) is 2.74. The Kier molecular flexibility index (Phi) is 5.62. The summed E-state index contributed by atoms with van der Waals surface area (Å²) in [4.78, 5) is 13.6. The summed E-state index contributed by atoms with van der Waals surface area (Å²) in [5, 5.41) is 3.08. The van der Waals surface area contributed by atoms with Crippen LogP contribution in [-0.2, 0) is 4.79 Å². The molecule has 0 heterocycles. The number of hydrogen-bond acceptors (Lipinski definition) is 3. The fraction of sp³-hybridized carbons (Fsp3) is 0.462. The van der Waals surface area contributed by atoms with Gasteiger partial charge in [0.2, 0.25) is 5.91 Å². The monoisotopic (exact) mass is 270 g/mol. The van der Waals surface area contributed by atoms with Crippen molar-refractivity contribution in [1.29, 1.82) is 0 Å². The Balaban J connectivity index is 2.90. The number of rotatable bonds is 5. The second kappa shape index (κ2) is 6.75. The van der Waals surface area contributed by atoms with Crippen LogP contribution in [0, 0.1) is 5.82 Å². The van der Waals surface area contributed by atoms with Crippen molar-refractivity contribution in [2.45, 2.75) is 17.9 Å². The first-order chi connectivity index (χ1) is 8.47. The van der Waals surface area contributed by atoms with Crippen molar-refractivity contribution in [1.82, 2.24) is 10.2 Å². The van der Waals surface area contributed by atoms with Crippen LogP contribution in [0.1, 0.15) is 18.5 Å². The first kappa shape index (κ1) is 15.0. The molecule has 1 amide bonds. The third kappa shape index (κ3) is 3.71. The van der Waals surface area contributed by atoms with Gasteiger partial charge in [-0.3, -0.25) is 4.79 Å². The lowest BCUT2D eigenvalue weighted by atomic mass is 10.1. The van der Waals surface area contributed by atoms with Gasteiger partial charge in [-0.15, -0.1) is 11.8 Å². The van der Waals surface area contributed by atoms with Gasteiger partial charge >= 0.3 is 0 Å². The summed E-state index contributed by atoms with van der Waals surface area (Å²) >= 11 is 1.25. The van der Waals surface area contributed by atoms with Crippen molar-refractivity contribution in [3.8, 4) is 0 Å². The Bertz CT molecular complexity index is 423. The van der Waals surface area contributed by atoms with E-state index in [0.29, 0.717) is 4.90 Å². The lowest BCUT2D eigenvalue weighted by Gasteiger charge is -2.16. The molecular formula is C13H19FN2OS. The van der Waals surface area contributed by atoms with Crippen molar-refractivity contribution in [3.05, 3.63) is 29.6 Å². The van der Waals surface area contributed by atoms with E-state index in [0.717, 1.165) is 5.56 Å². The van der Waals surface area contributed by atoms with Gasteiger partial charge in [0.1, 0.15) is 5.82 Å². The number of benzene rings is 1. The number of carbonyl (C=O) groups excluding carboxylic acids is 1. The zero-order valence-corrected chi connectivity index (χ0v) is 12.0. The minimum absolute atomic E-state index is 0.0219. The first-order valence-corrected chi connectivity index (χ1v) is 6.74. The molecule has 0 saturated heterocycles. The van der Waals surface area contributed by atoms with E-state index >= 15 is 0 Å². The number of halogens is 1. The smallest absolute Gasteiger partial charge is 0.232 e. The van der Waals surface area contributed by atoms with Crippen LogP contribution in [0.3, 0.4) is 0 Å². The topological polar surface area (TPSA) is 32.3 Å². The molecule has 1 rings (SSSR count). The Morgan fingerprint density at radius 2 is 2.17 bits per heavy atom. The average molecular weight is 270 g/mol. The maximum atomic E-state index is 13.8. The predicted octanol–water partition coefficient (Wildman–Crippen LogP) is 2.29. The van der Waals surface area contributed by atoms with E-state index in [2.05, 4.69) is 5.32 Å². The van der Waals surface area contributed by atoms with Gasteiger partial charge in [0.05, 0.1) is 5.75 Å². The second-order valence-corrected chi connectivity index (χ2v) is 5.23. The van der Waals surface area contributed by atoms with Crippen LogP contribution < -0.4 is 5.32 Å². The molecule has 0 aliphatic carbocycles. The van der Waals surface area contributed by atoms with Crippen LogP contribution in [0.25, 0.3) is 0 Å². The molecule has 1 unspecified atom stereocenters. The fourth-order valence-electron chi connectivity index (χ4n) is 1.44. The van der Waals surface area contributed by atoms with E-state index in [1.807, 2.05) is 20.0 Å². The molecule has 0 saturated carbocycles. The summed E-state index contributed by atoms with van der Waals surface area (Å²) in [5.74, 6) is -0.0466. The fourth-order valence-corrected chi connectivity index (χ4v) is 2.58. The quantitative estimate of drug-likeness (QED) is 0.833. The standard InChI is InChI=1S/C13H19FN2OS/c1-9(15-2)10-6-5-7-11(14)13(10)18-8-12(17)16(3)4/h5-7,9,15H,8H2,1-4H3. The Labute approximate surface area is 112 Å². The van der Waals surface area contributed by atoms with Crippen LogP contribution in [0.4, 0.5) is 4.39 Å². The van der Waals surface area contributed by atoms with Crippen LogP contribution in [0.2, 0.25) is 0 Å². The average Bonchev–Trinajstić information content (AvgIpc) is 2.35. The van der Waals surface area contributed by atoms with E-state index in [1.165, 1.54) is 22.7 Å². The molecule has 0 bridgehead atoms. The molecule has 3 nitrogen and oxygen atoms in total. The molecule has 0 radical (unpaired) electrons. The molecule has 0 aromatic heterocycles. The molecule has 1 aromatic carbocycles. The zero-order valence-electron chi connectivity index (χ0n) is 11.2. The molecule has 18 heavy (non-hydrogen) atoms. The van der Waals surface area contributed by atoms with Crippen LogP contribution >= 0.6 is 11.8 Å². The number of thioether (sulfide) groups is 1. The summed E-state index contributed by atoms with van der Waals surface area (Å²) in [7, 11) is 5.22. The van der Waals surface area contributed by atoms with Gasteiger partial charge < -0.3 is 10.2 Å². The highest BCUT2D eigenvalue weighted by Gasteiger charge is 2.15. The zero-order chi connectivity index (χ0) is 13.7. The maximum Gasteiger partial charge on any atom is 0.232 e. The van der Waals surface area contributed by atoms with E-state index in [-0.39, 0.29) is 23.5 Å². The highest BCUT2D eigenvalue weighted by Crippen LogP contribution is 2.30. The van der Waals surface area contributed by atoms with Crippen LogP contribution in [0.5, 0.6) is 0 Å². The number of nitrogens with one attached hydrogen (secondary N) is 1. The molecule has 100 valence electrons. The molecule has 1 atom stereocenters. The van der Waals surface area contributed by atoms with Crippen molar-refractivity contribution in [3.63, 3.8) is 0 Å². The lowest BCUT2D eigenvalue weighted by Crippen LogP contribution is -2.23. The predicted molar refractivity (Wildman–Crippen MR) is 73.3 cm³/mol. The highest BCUT2D eigenvalue weighted by molar-refractivity contribution is 8.00. The minimum atomic E-state index is -0.272. The Morgan fingerprint density at radius 1 is 1.50 bits per heavy atom. The number of carbonyl (C=O) groups is 1. The molecule has 0 aliphatic heterocycles.